The molecule has 1 aliphatic heterocycles. The van der Waals surface area contributed by atoms with Crippen LogP contribution in [0.15, 0.2) is 0 Å². The van der Waals surface area contributed by atoms with Gasteiger partial charge in [-0.05, 0) is 6.92 Å². The number of rotatable bonds is 5. The molecule has 1 saturated heterocycles. The van der Waals surface area contributed by atoms with E-state index in [0.717, 1.165) is 13.1 Å². The molecule has 90 valence electrons. The van der Waals surface area contributed by atoms with E-state index < -0.39 is 7.82 Å². The maximum Gasteiger partial charge on any atom is 0.272 e. The van der Waals surface area contributed by atoms with Crippen molar-refractivity contribution in [3.05, 3.63) is 0 Å². The zero-order valence-corrected chi connectivity index (χ0v) is 10.1. The van der Waals surface area contributed by atoms with Gasteiger partial charge in [0.1, 0.15) is 13.1 Å². The van der Waals surface area contributed by atoms with Crippen molar-refractivity contribution in [3.63, 3.8) is 0 Å². The van der Waals surface area contributed by atoms with Gasteiger partial charge in [0.25, 0.3) is 7.82 Å². The molecule has 1 heterocycles. The van der Waals surface area contributed by atoms with Gasteiger partial charge in [-0.25, -0.2) is 0 Å². The number of morpholine rings is 1. The molecule has 1 rings (SSSR count). The number of likely N-dealkylation sites (N-methyl/N-ethyl adjacent to an activating group) is 1. The molecule has 15 heavy (non-hydrogen) atoms. The van der Waals surface area contributed by atoms with Crippen LogP contribution in [-0.2, 0) is 18.3 Å². The van der Waals surface area contributed by atoms with Crippen LogP contribution in [0.4, 0.5) is 0 Å². The first-order chi connectivity index (χ1) is 6.97. The van der Waals surface area contributed by atoms with Crippen molar-refractivity contribution in [2.75, 3.05) is 46.7 Å². The first kappa shape index (κ1) is 13.1. The van der Waals surface area contributed by atoms with E-state index in [0.29, 0.717) is 17.7 Å². The zero-order valence-electron chi connectivity index (χ0n) is 9.18. The summed E-state index contributed by atoms with van der Waals surface area (Å²) in [5.74, 6) is 0. The molecule has 1 fully saturated rings. The fourth-order valence-electron chi connectivity index (χ4n) is 1.32. The largest absolute Gasteiger partial charge is 0.756 e. The molecule has 0 spiro atoms. The van der Waals surface area contributed by atoms with Crippen LogP contribution in [0, 0.1) is 0 Å². The van der Waals surface area contributed by atoms with E-state index in [-0.39, 0.29) is 13.3 Å². The molecule has 1 atom stereocenters. The summed E-state index contributed by atoms with van der Waals surface area (Å²) in [6, 6.07) is 0. The number of quaternary nitrogens is 1. The van der Waals surface area contributed by atoms with Crippen LogP contribution in [-0.4, -0.2) is 51.2 Å². The standard InChI is InChI=1S/C8H18NO5P/c1-3-13-15(10,11)14-8-9(2)4-6-12-7-5-9/h3-8H2,1-2H3. The highest BCUT2D eigenvalue weighted by Gasteiger charge is 2.27. The number of phosphoric acid groups is 1. The highest BCUT2D eigenvalue weighted by Crippen LogP contribution is 2.38. The summed E-state index contributed by atoms with van der Waals surface area (Å²) in [6.45, 7) is 4.62. The Balaban J connectivity index is 2.37. The van der Waals surface area contributed by atoms with Crippen LogP contribution in [0.5, 0.6) is 0 Å². The highest BCUT2D eigenvalue weighted by atomic mass is 31.2. The van der Waals surface area contributed by atoms with Crippen LogP contribution in [0.3, 0.4) is 0 Å². The summed E-state index contributed by atoms with van der Waals surface area (Å²) in [4.78, 5) is 11.2. The summed E-state index contributed by atoms with van der Waals surface area (Å²) in [7, 11) is -2.17. The van der Waals surface area contributed by atoms with Gasteiger partial charge >= 0.3 is 0 Å². The number of hydrogen-bond donors (Lipinski definition) is 0. The molecule has 1 unspecified atom stereocenters. The van der Waals surface area contributed by atoms with Gasteiger partial charge in [-0.2, -0.15) is 0 Å². The van der Waals surface area contributed by atoms with Crippen LogP contribution in [0.25, 0.3) is 0 Å². The minimum absolute atomic E-state index is 0.105. The third kappa shape index (κ3) is 4.59. The predicted octanol–water partition coefficient (Wildman–Crippen LogP) is -0.0578. The lowest BCUT2D eigenvalue weighted by Gasteiger charge is -2.38. The lowest BCUT2D eigenvalue weighted by Crippen LogP contribution is -2.53. The maximum absolute atomic E-state index is 11.2. The molecule has 0 saturated carbocycles. The van der Waals surface area contributed by atoms with Gasteiger partial charge in [-0.15, -0.1) is 0 Å². The Morgan fingerprint density at radius 1 is 1.40 bits per heavy atom. The van der Waals surface area contributed by atoms with Gasteiger partial charge in [0, 0.05) is 0 Å². The van der Waals surface area contributed by atoms with Crippen molar-refractivity contribution in [2.24, 2.45) is 0 Å². The van der Waals surface area contributed by atoms with Gasteiger partial charge in [0.2, 0.25) is 0 Å². The van der Waals surface area contributed by atoms with E-state index in [1.165, 1.54) is 0 Å². The van der Waals surface area contributed by atoms with Crippen LogP contribution >= 0.6 is 7.82 Å². The summed E-state index contributed by atoms with van der Waals surface area (Å²) in [5.41, 5.74) is 0. The molecule has 7 heteroatoms. The molecule has 0 N–H and O–H groups in total. The van der Waals surface area contributed by atoms with E-state index in [2.05, 4.69) is 4.52 Å². The Labute approximate surface area is 89.9 Å². The van der Waals surface area contributed by atoms with Gasteiger partial charge in [-0.3, -0.25) is 13.6 Å². The smallest absolute Gasteiger partial charge is 0.272 e. The van der Waals surface area contributed by atoms with E-state index in [1.54, 1.807) is 6.92 Å². The topological polar surface area (TPSA) is 67.8 Å². The van der Waals surface area contributed by atoms with Crippen molar-refractivity contribution in [1.82, 2.24) is 0 Å². The second-order valence-electron chi connectivity index (χ2n) is 3.80. The van der Waals surface area contributed by atoms with Gasteiger partial charge < -0.3 is 14.2 Å². The van der Waals surface area contributed by atoms with Crippen LogP contribution in [0.1, 0.15) is 6.92 Å². The van der Waals surface area contributed by atoms with Gasteiger partial charge in [0.05, 0.1) is 26.9 Å². The molecule has 0 aliphatic carbocycles. The third-order valence-electron chi connectivity index (χ3n) is 2.37. The fraction of sp³-hybridized carbons (Fsp3) is 1.00. The molecule has 0 radical (unpaired) electrons. The summed E-state index contributed by atoms with van der Waals surface area (Å²) < 4.78 is 26.2. The maximum atomic E-state index is 11.2. The highest BCUT2D eigenvalue weighted by molar-refractivity contribution is 7.45. The Morgan fingerprint density at radius 3 is 2.53 bits per heavy atom. The Bertz CT molecular complexity index is 241. The summed E-state index contributed by atoms with van der Waals surface area (Å²) in [6.07, 6.45) is 0. The van der Waals surface area contributed by atoms with Crippen molar-refractivity contribution in [3.8, 4) is 0 Å². The van der Waals surface area contributed by atoms with E-state index >= 15 is 0 Å². The molecule has 0 amide bonds. The molecular weight excluding hydrogens is 221 g/mol. The molecule has 0 bridgehead atoms. The molecule has 0 aromatic carbocycles. The average molecular weight is 239 g/mol. The predicted molar refractivity (Wildman–Crippen MR) is 51.9 cm³/mol. The normalized spacial score (nSPS) is 24.7. The molecule has 6 nitrogen and oxygen atoms in total. The zero-order chi connectivity index (χ0) is 11.4. The van der Waals surface area contributed by atoms with Crippen LogP contribution < -0.4 is 4.89 Å². The Kier molecular flexibility index (Phi) is 4.70. The number of nitrogens with zero attached hydrogens (tertiary/aromatic N) is 1. The Hall–Kier alpha value is 0.0300. The number of ether oxygens (including phenoxy) is 1. The van der Waals surface area contributed by atoms with Gasteiger partial charge in [0.15, 0.2) is 6.73 Å². The third-order valence-corrected chi connectivity index (χ3v) is 3.37. The minimum atomic E-state index is -4.11. The first-order valence-electron chi connectivity index (χ1n) is 4.99. The van der Waals surface area contributed by atoms with Crippen molar-refractivity contribution in [1.29, 1.82) is 0 Å². The lowest BCUT2D eigenvalue weighted by atomic mass is 10.4. The molecule has 0 aromatic heterocycles. The monoisotopic (exact) mass is 239 g/mol. The molecule has 1 aliphatic rings. The van der Waals surface area contributed by atoms with Crippen molar-refractivity contribution < 1.29 is 27.7 Å². The second kappa shape index (κ2) is 5.39. The van der Waals surface area contributed by atoms with E-state index in [1.807, 2.05) is 7.05 Å². The van der Waals surface area contributed by atoms with Crippen molar-refractivity contribution in [2.45, 2.75) is 6.92 Å². The SMILES string of the molecule is CCOP(=O)([O-])OC[N+]1(C)CCOCC1. The van der Waals surface area contributed by atoms with Crippen molar-refractivity contribution >= 4 is 7.82 Å². The average Bonchev–Trinajstić information content (AvgIpc) is 2.17. The Morgan fingerprint density at radius 2 is 2.00 bits per heavy atom. The van der Waals surface area contributed by atoms with E-state index in [4.69, 9.17) is 9.26 Å². The van der Waals surface area contributed by atoms with E-state index in [9.17, 15) is 9.46 Å². The minimum Gasteiger partial charge on any atom is -0.756 e. The van der Waals surface area contributed by atoms with Crippen LogP contribution in [0.2, 0.25) is 0 Å². The molecular formula is C8H18NO5P. The first-order valence-corrected chi connectivity index (χ1v) is 6.45. The summed E-state index contributed by atoms with van der Waals surface area (Å²) in [5, 5.41) is 0. The summed E-state index contributed by atoms with van der Waals surface area (Å²) >= 11 is 0. The fourth-order valence-corrected chi connectivity index (χ4v) is 2.13. The quantitative estimate of drug-likeness (QED) is 0.496. The van der Waals surface area contributed by atoms with Gasteiger partial charge in [-0.1, -0.05) is 0 Å². The lowest BCUT2D eigenvalue weighted by molar-refractivity contribution is -0.932. The second-order valence-corrected chi connectivity index (χ2v) is 5.21. The molecule has 0 aromatic rings. The number of hydrogen-bond acceptors (Lipinski definition) is 5. The number of phosphoric ester groups is 1.